The van der Waals surface area contributed by atoms with Crippen molar-refractivity contribution in [2.75, 3.05) is 6.54 Å². The van der Waals surface area contributed by atoms with E-state index in [2.05, 4.69) is 78.0 Å². The summed E-state index contributed by atoms with van der Waals surface area (Å²) in [6, 6.07) is 3.44. The van der Waals surface area contributed by atoms with Crippen molar-refractivity contribution in [2.24, 2.45) is 0 Å². The van der Waals surface area contributed by atoms with Gasteiger partial charge < -0.3 is 5.32 Å². The minimum absolute atomic E-state index is 0.0544. The highest BCUT2D eigenvalue weighted by Crippen LogP contribution is 2.04. The highest BCUT2D eigenvalue weighted by atomic mass is 16.1. The Hall–Kier alpha value is -3.01. The number of nitrogens with zero attached hydrogens (tertiary/aromatic N) is 1. The fraction of sp³-hybridized carbons (Fsp3) is 0.414. The van der Waals surface area contributed by atoms with Crippen LogP contribution in [-0.2, 0) is 4.79 Å². The van der Waals surface area contributed by atoms with Gasteiger partial charge in [0.15, 0.2) is 5.78 Å². The summed E-state index contributed by atoms with van der Waals surface area (Å²) in [4.78, 5) is 27.7. The minimum atomic E-state index is 0.0544. The van der Waals surface area contributed by atoms with Gasteiger partial charge in [0.2, 0.25) is 5.91 Å². The van der Waals surface area contributed by atoms with Crippen LogP contribution < -0.4 is 5.32 Å². The Bertz CT molecular complexity index is 789. The first-order valence-electron chi connectivity index (χ1n) is 12.2. The Morgan fingerprint density at radius 1 is 0.758 bits per heavy atom. The molecule has 1 amide bonds. The molecule has 0 atom stereocenters. The Morgan fingerprint density at radius 3 is 1.88 bits per heavy atom. The maximum atomic E-state index is 12.0. The first kappa shape index (κ1) is 28.0. The largest absolute Gasteiger partial charge is 0.356 e. The van der Waals surface area contributed by atoms with Crippen LogP contribution in [-0.4, -0.2) is 23.2 Å². The van der Waals surface area contributed by atoms with Gasteiger partial charge >= 0.3 is 0 Å². The quantitative estimate of drug-likeness (QED) is 0.148. The van der Waals surface area contributed by atoms with E-state index in [0.717, 1.165) is 44.9 Å². The molecule has 0 fully saturated rings. The Balaban J connectivity index is 1.95. The molecule has 1 rings (SSSR count). The molecule has 4 heteroatoms. The van der Waals surface area contributed by atoms with E-state index >= 15 is 0 Å². The number of hydrogen-bond donors (Lipinski definition) is 1. The zero-order valence-corrected chi connectivity index (χ0v) is 20.1. The number of nitrogens with one attached hydrogen (secondary N) is 1. The molecule has 0 aliphatic carbocycles. The van der Waals surface area contributed by atoms with E-state index in [9.17, 15) is 9.59 Å². The van der Waals surface area contributed by atoms with Crippen LogP contribution in [0, 0.1) is 0 Å². The second-order valence-electron chi connectivity index (χ2n) is 7.71. The average Bonchev–Trinajstić information content (AvgIpc) is 2.84. The monoisotopic (exact) mass is 448 g/mol. The predicted octanol–water partition coefficient (Wildman–Crippen LogP) is 7.08. The smallest absolute Gasteiger partial charge is 0.220 e. The van der Waals surface area contributed by atoms with Crippen molar-refractivity contribution in [3.63, 3.8) is 0 Å². The zero-order valence-electron chi connectivity index (χ0n) is 20.1. The molecule has 1 heterocycles. The van der Waals surface area contributed by atoms with E-state index < -0.39 is 0 Å². The summed E-state index contributed by atoms with van der Waals surface area (Å²) < 4.78 is 0. The van der Waals surface area contributed by atoms with Gasteiger partial charge in [0.05, 0.1) is 0 Å². The molecule has 1 N–H and O–H groups in total. The molecule has 178 valence electrons. The summed E-state index contributed by atoms with van der Waals surface area (Å²) in [7, 11) is 0. The molecule has 4 nitrogen and oxygen atoms in total. The SMILES string of the molecule is CC/C=C\C/C=C\C/C=C\C/C=C\C/C=C\CCCC(=O)NCCCC(=O)c1ccncc1. The molecule has 1 aromatic rings. The van der Waals surface area contributed by atoms with Crippen molar-refractivity contribution in [3.05, 3.63) is 90.9 Å². The minimum Gasteiger partial charge on any atom is -0.356 e. The third-order valence-corrected chi connectivity index (χ3v) is 4.84. The molecular formula is C29H40N2O2. The number of allylic oxidation sites excluding steroid dienone is 10. The number of carbonyl (C=O) groups excluding carboxylic acids is 2. The maximum absolute atomic E-state index is 12.0. The summed E-state index contributed by atoms with van der Waals surface area (Å²) in [6.07, 6.45) is 33.4. The van der Waals surface area contributed by atoms with E-state index in [1.165, 1.54) is 0 Å². The third kappa shape index (κ3) is 17.2. The molecular weight excluding hydrogens is 408 g/mol. The van der Waals surface area contributed by atoms with Crippen LogP contribution >= 0.6 is 0 Å². The first-order chi connectivity index (χ1) is 16.2. The predicted molar refractivity (Wildman–Crippen MR) is 139 cm³/mol. The number of Topliss-reactive ketones (excluding diaryl/α,β-unsaturated/α-hetero) is 1. The number of carbonyl (C=O) groups is 2. The van der Waals surface area contributed by atoms with Gasteiger partial charge in [-0.3, -0.25) is 14.6 Å². The lowest BCUT2D eigenvalue weighted by molar-refractivity contribution is -0.121. The summed E-state index contributed by atoms with van der Waals surface area (Å²) in [5, 5.41) is 2.89. The molecule has 0 bridgehead atoms. The van der Waals surface area contributed by atoms with Gasteiger partial charge in [0, 0.05) is 37.3 Å². The summed E-state index contributed by atoms with van der Waals surface area (Å²) in [5.74, 6) is 0.142. The molecule has 0 radical (unpaired) electrons. The number of pyridine rings is 1. The van der Waals surface area contributed by atoms with Crippen LogP contribution in [0.25, 0.3) is 0 Å². The van der Waals surface area contributed by atoms with Crippen molar-refractivity contribution in [1.29, 1.82) is 0 Å². The Labute approximate surface area is 200 Å². The van der Waals surface area contributed by atoms with Crippen LogP contribution in [0.15, 0.2) is 85.3 Å². The highest BCUT2D eigenvalue weighted by Gasteiger charge is 2.05. The number of amides is 1. The van der Waals surface area contributed by atoms with Gasteiger partial charge in [0.1, 0.15) is 0 Å². The Morgan fingerprint density at radius 2 is 1.30 bits per heavy atom. The van der Waals surface area contributed by atoms with E-state index in [-0.39, 0.29) is 11.7 Å². The van der Waals surface area contributed by atoms with Gasteiger partial charge in [0.25, 0.3) is 0 Å². The normalized spacial score (nSPS) is 12.2. The number of aromatic nitrogens is 1. The molecule has 0 saturated carbocycles. The van der Waals surface area contributed by atoms with Crippen molar-refractivity contribution in [3.8, 4) is 0 Å². The topological polar surface area (TPSA) is 59.1 Å². The molecule has 0 aliphatic rings. The van der Waals surface area contributed by atoms with E-state index in [4.69, 9.17) is 0 Å². The third-order valence-electron chi connectivity index (χ3n) is 4.84. The molecule has 0 unspecified atom stereocenters. The van der Waals surface area contributed by atoms with Gasteiger partial charge in [-0.15, -0.1) is 0 Å². The van der Waals surface area contributed by atoms with Crippen LogP contribution in [0.5, 0.6) is 0 Å². The molecule has 0 saturated heterocycles. The van der Waals surface area contributed by atoms with E-state index in [1.807, 2.05) is 0 Å². The van der Waals surface area contributed by atoms with Crippen molar-refractivity contribution < 1.29 is 9.59 Å². The first-order valence-corrected chi connectivity index (χ1v) is 12.2. The fourth-order valence-electron chi connectivity index (χ4n) is 3.00. The van der Waals surface area contributed by atoms with Crippen molar-refractivity contribution in [1.82, 2.24) is 10.3 Å². The number of rotatable bonds is 18. The second-order valence-corrected chi connectivity index (χ2v) is 7.71. The van der Waals surface area contributed by atoms with Crippen LogP contribution in [0.3, 0.4) is 0 Å². The fourth-order valence-corrected chi connectivity index (χ4v) is 3.00. The standard InChI is InChI=1S/C29H40N2O2/c1-2-3-4-5-6-7-8-9-10-11-12-13-14-15-16-17-18-21-29(33)31-24-19-20-28(32)27-22-25-30-26-23-27/h3-4,6-7,9-10,12-13,15-16,22-23,25-26H,2,5,8,11,14,17-21,24H2,1H3,(H,31,33)/b4-3-,7-6-,10-9-,13-12-,16-15-. The summed E-state index contributed by atoms with van der Waals surface area (Å²) in [5.41, 5.74) is 0.674. The van der Waals surface area contributed by atoms with Crippen LogP contribution in [0.2, 0.25) is 0 Å². The highest BCUT2D eigenvalue weighted by molar-refractivity contribution is 5.95. The van der Waals surface area contributed by atoms with Crippen molar-refractivity contribution >= 4 is 11.7 Å². The molecule has 0 spiro atoms. The lowest BCUT2D eigenvalue weighted by Crippen LogP contribution is -2.24. The van der Waals surface area contributed by atoms with Crippen molar-refractivity contribution in [2.45, 2.75) is 71.1 Å². The number of unbranched alkanes of at least 4 members (excludes halogenated alkanes) is 1. The molecule has 1 aromatic heterocycles. The molecule has 0 aromatic carbocycles. The maximum Gasteiger partial charge on any atom is 0.220 e. The lowest BCUT2D eigenvalue weighted by atomic mass is 10.1. The molecule has 0 aliphatic heterocycles. The van der Waals surface area contributed by atoms with Crippen LogP contribution in [0.4, 0.5) is 0 Å². The number of hydrogen-bond acceptors (Lipinski definition) is 3. The van der Waals surface area contributed by atoms with Crippen LogP contribution in [0.1, 0.15) is 81.5 Å². The average molecular weight is 449 g/mol. The van der Waals surface area contributed by atoms with E-state index in [0.29, 0.717) is 31.4 Å². The summed E-state index contributed by atoms with van der Waals surface area (Å²) in [6.45, 7) is 2.69. The lowest BCUT2D eigenvalue weighted by Gasteiger charge is -2.04. The van der Waals surface area contributed by atoms with Gasteiger partial charge in [-0.2, -0.15) is 0 Å². The number of ketones is 1. The van der Waals surface area contributed by atoms with Gasteiger partial charge in [-0.25, -0.2) is 0 Å². The zero-order chi connectivity index (χ0) is 23.8. The van der Waals surface area contributed by atoms with Gasteiger partial charge in [-0.1, -0.05) is 67.7 Å². The summed E-state index contributed by atoms with van der Waals surface area (Å²) >= 11 is 0. The van der Waals surface area contributed by atoms with E-state index in [1.54, 1.807) is 24.5 Å². The molecule has 33 heavy (non-hydrogen) atoms. The second kappa shape index (κ2) is 20.9. The Kier molecular flexibility index (Phi) is 17.7. The van der Waals surface area contributed by atoms with Gasteiger partial charge in [-0.05, 0) is 63.5 Å².